The zero-order valence-corrected chi connectivity index (χ0v) is 11.0. The fourth-order valence-corrected chi connectivity index (χ4v) is 4.11. The molecule has 1 saturated carbocycles. The van der Waals surface area contributed by atoms with E-state index in [2.05, 4.69) is 33.8 Å². The molecule has 0 aromatic heterocycles. The number of carbonyl (C=O) groups is 1. The van der Waals surface area contributed by atoms with E-state index in [0.29, 0.717) is 11.8 Å². The van der Waals surface area contributed by atoms with Crippen molar-refractivity contribution in [1.29, 1.82) is 0 Å². The van der Waals surface area contributed by atoms with E-state index in [4.69, 9.17) is 0 Å². The van der Waals surface area contributed by atoms with Gasteiger partial charge < -0.3 is 4.79 Å². The largest absolute Gasteiger partial charge is 0.303 e. The normalized spacial score (nSPS) is 48.1. The first-order valence-electron chi connectivity index (χ1n) is 6.62. The Morgan fingerprint density at radius 2 is 2.06 bits per heavy atom. The van der Waals surface area contributed by atoms with Gasteiger partial charge in [-0.2, -0.15) is 0 Å². The maximum atomic E-state index is 11.4. The number of hydrogen-bond acceptors (Lipinski definition) is 1. The Morgan fingerprint density at radius 3 is 2.69 bits per heavy atom. The summed E-state index contributed by atoms with van der Waals surface area (Å²) in [5.74, 6) is 2.09. The van der Waals surface area contributed by atoms with Gasteiger partial charge in [0.05, 0.1) is 0 Å². The van der Waals surface area contributed by atoms with Crippen LogP contribution in [0.3, 0.4) is 0 Å². The average molecular weight is 220 g/mol. The lowest BCUT2D eigenvalue weighted by Gasteiger charge is -2.50. The third kappa shape index (κ3) is 1.74. The number of rotatable bonds is 1. The molecule has 1 fully saturated rings. The van der Waals surface area contributed by atoms with Crippen molar-refractivity contribution in [3.63, 3.8) is 0 Å². The lowest BCUT2D eigenvalue weighted by molar-refractivity contribution is -0.117. The van der Waals surface area contributed by atoms with Gasteiger partial charge in [0.25, 0.3) is 0 Å². The van der Waals surface area contributed by atoms with Crippen LogP contribution in [0.2, 0.25) is 0 Å². The van der Waals surface area contributed by atoms with Crippen molar-refractivity contribution >= 4 is 6.29 Å². The third-order valence-corrected chi connectivity index (χ3v) is 5.08. The molecular weight excluding hydrogens is 196 g/mol. The molecular formula is C15H24O. The van der Waals surface area contributed by atoms with E-state index < -0.39 is 0 Å². The van der Waals surface area contributed by atoms with Gasteiger partial charge in [0, 0.05) is 5.92 Å². The fraction of sp³-hybridized carbons (Fsp3) is 0.800. The van der Waals surface area contributed by atoms with E-state index in [1.54, 1.807) is 0 Å². The summed E-state index contributed by atoms with van der Waals surface area (Å²) in [6, 6.07) is 0. The van der Waals surface area contributed by atoms with Crippen molar-refractivity contribution in [2.24, 2.45) is 29.1 Å². The number of fused-ring (bicyclic) bond motifs is 1. The molecule has 90 valence electrons. The van der Waals surface area contributed by atoms with Gasteiger partial charge in [-0.3, -0.25) is 0 Å². The minimum Gasteiger partial charge on any atom is -0.303 e. The molecule has 5 atom stereocenters. The molecule has 2 aliphatic rings. The first-order valence-corrected chi connectivity index (χ1v) is 6.62. The van der Waals surface area contributed by atoms with E-state index in [-0.39, 0.29) is 11.3 Å². The van der Waals surface area contributed by atoms with Crippen molar-refractivity contribution in [3.8, 4) is 0 Å². The van der Waals surface area contributed by atoms with Gasteiger partial charge in [0.15, 0.2) is 0 Å². The Morgan fingerprint density at radius 1 is 1.38 bits per heavy atom. The number of carbonyl (C=O) groups excluding carboxylic acids is 1. The summed E-state index contributed by atoms with van der Waals surface area (Å²) >= 11 is 0. The first-order chi connectivity index (χ1) is 7.48. The fourth-order valence-electron chi connectivity index (χ4n) is 4.11. The molecule has 0 unspecified atom stereocenters. The summed E-state index contributed by atoms with van der Waals surface area (Å²) in [6.45, 7) is 9.11. The monoisotopic (exact) mass is 220 g/mol. The van der Waals surface area contributed by atoms with E-state index in [0.717, 1.165) is 5.92 Å². The summed E-state index contributed by atoms with van der Waals surface area (Å²) in [6.07, 6.45) is 7.48. The van der Waals surface area contributed by atoms with E-state index in [1.165, 1.54) is 31.1 Å². The van der Waals surface area contributed by atoms with Crippen LogP contribution in [0.15, 0.2) is 11.6 Å². The first kappa shape index (κ1) is 11.9. The van der Waals surface area contributed by atoms with Crippen molar-refractivity contribution in [2.45, 2.75) is 47.0 Å². The van der Waals surface area contributed by atoms with Crippen LogP contribution < -0.4 is 0 Å². The van der Waals surface area contributed by atoms with Crippen molar-refractivity contribution < 1.29 is 4.79 Å². The standard InChI is InChI=1S/C15H24O/c1-10-5-6-14-13(9-16)12(3)11(2)8-15(14,4)7-10/h8-10,12-14H,5-7H2,1-4H3/t10-,12+,13+,14+,15-/m1/s1. The maximum absolute atomic E-state index is 11.4. The quantitative estimate of drug-likeness (QED) is 0.484. The summed E-state index contributed by atoms with van der Waals surface area (Å²) in [7, 11) is 0. The van der Waals surface area contributed by atoms with Gasteiger partial charge in [-0.05, 0) is 42.9 Å². The highest BCUT2D eigenvalue weighted by molar-refractivity contribution is 5.57. The van der Waals surface area contributed by atoms with Gasteiger partial charge in [-0.25, -0.2) is 0 Å². The smallest absolute Gasteiger partial charge is 0.123 e. The molecule has 1 nitrogen and oxygen atoms in total. The van der Waals surface area contributed by atoms with Crippen molar-refractivity contribution in [1.82, 2.24) is 0 Å². The predicted molar refractivity (Wildman–Crippen MR) is 67.1 cm³/mol. The second-order valence-corrected chi connectivity index (χ2v) is 6.39. The van der Waals surface area contributed by atoms with Gasteiger partial charge in [-0.1, -0.05) is 38.8 Å². The Labute approximate surface area is 99.3 Å². The van der Waals surface area contributed by atoms with Crippen LogP contribution in [-0.4, -0.2) is 6.29 Å². The molecule has 1 heteroatoms. The van der Waals surface area contributed by atoms with E-state index in [9.17, 15) is 4.79 Å². The Bertz CT molecular complexity index is 317. The molecule has 0 aromatic carbocycles. The van der Waals surface area contributed by atoms with Crippen LogP contribution in [0.1, 0.15) is 47.0 Å². The van der Waals surface area contributed by atoms with Crippen molar-refractivity contribution in [3.05, 3.63) is 11.6 Å². The SMILES string of the molecule is CC1=C[C@@]2(C)C[C@H](C)CC[C@H]2[C@@H](C=O)[C@H]1C. The highest BCUT2D eigenvalue weighted by Gasteiger charge is 2.46. The summed E-state index contributed by atoms with van der Waals surface area (Å²) < 4.78 is 0. The zero-order valence-electron chi connectivity index (χ0n) is 11.0. The van der Waals surface area contributed by atoms with Gasteiger partial charge in [-0.15, -0.1) is 0 Å². The molecule has 2 aliphatic carbocycles. The molecule has 0 aromatic rings. The maximum Gasteiger partial charge on any atom is 0.123 e. The number of hydrogen-bond donors (Lipinski definition) is 0. The highest BCUT2D eigenvalue weighted by Crippen LogP contribution is 2.53. The molecule has 0 aliphatic heterocycles. The Hall–Kier alpha value is -0.590. The molecule has 0 heterocycles. The van der Waals surface area contributed by atoms with Gasteiger partial charge in [0.1, 0.15) is 6.29 Å². The zero-order chi connectivity index (χ0) is 11.9. The van der Waals surface area contributed by atoms with Crippen molar-refractivity contribution in [2.75, 3.05) is 0 Å². The van der Waals surface area contributed by atoms with E-state index >= 15 is 0 Å². The molecule has 0 N–H and O–H groups in total. The summed E-state index contributed by atoms with van der Waals surface area (Å²) in [5.41, 5.74) is 1.70. The summed E-state index contributed by atoms with van der Waals surface area (Å²) in [5, 5.41) is 0. The van der Waals surface area contributed by atoms with Crippen LogP contribution in [-0.2, 0) is 4.79 Å². The molecule has 0 spiro atoms. The molecule has 16 heavy (non-hydrogen) atoms. The average Bonchev–Trinajstić information content (AvgIpc) is 2.20. The van der Waals surface area contributed by atoms with Crippen LogP contribution in [0.25, 0.3) is 0 Å². The highest BCUT2D eigenvalue weighted by atomic mass is 16.1. The minimum atomic E-state index is 0.252. The van der Waals surface area contributed by atoms with Crippen LogP contribution >= 0.6 is 0 Å². The second kappa shape index (κ2) is 4.01. The molecule has 0 radical (unpaired) electrons. The Balaban J connectivity index is 2.37. The van der Waals surface area contributed by atoms with E-state index in [1.807, 2.05) is 0 Å². The third-order valence-electron chi connectivity index (χ3n) is 5.08. The lowest BCUT2D eigenvalue weighted by atomic mass is 9.54. The van der Waals surface area contributed by atoms with Crippen LogP contribution in [0.5, 0.6) is 0 Å². The topological polar surface area (TPSA) is 17.1 Å². The number of allylic oxidation sites excluding steroid dienone is 2. The van der Waals surface area contributed by atoms with Gasteiger partial charge >= 0.3 is 0 Å². The molecule has 2 rings (SSSR count). The predicted octanol–water partition coefficient (Wildman–Crippen LogP) is 3.84. The minimum absolute atomic E-state index is 0.252. The second-order valence-electron chi connectivity index (χ2n) is 6.39. The van der Waals surface area contributed by atoms with Crippen LogP contribution in [0.4, 0.5) is 0 Å². The molecule has 0 bridgehead atoms. The molecule has 0 saturated heterocycles. The van der Waals surface area contributed by atoms with Gasteiger partial charge in [0.2, 0.25) is 0 Å². The van der Waals surface area contributed by atoms with Crippen LogP contribution in [0, 0.1) is 29.1 Å². The molecule has 0 amide bonds. The number of aldehydes is 1. The Kier molecular flexibility index (Phi) is 2.98. The summed E-state index contributed by atoms with van der Waals surface area (Å²) in [4.78, 5) is 11.4. The lowest BCUT2D eigenvalue weighted by Crippen LogP contribution is -2.43.